The Morgan fingerprint density at radius 3 is 2.62 bits per heavy atom. The topological polar surface area (TPSA) is 193 Å². The molecule has 3 aromatic rings. The summed E-state index contributed by atoms with van der Waals surface area (Å²) in [5, 5.41) is 16.8. The zero-order chi connectivity index (χ0) is 29.2. The van der Waals surface area contributed by atoms with Crippen LogP contribution in [-0.4, -0.2) is 79.6 Å². The van der Waals surface area contributed by atoms with Gasteiger partial charge in [0, 0.05) is 11.4 Å². The number of carbonyl (C=O) groups excluding carboxylic acids is 3. The molecule has 2 aromatic heterocycles. The standard InChI is InChI=1S/C25H30ClN7O7/c1-25(2,3)40-24(37)31-14(9-12-7-5-6-8-13(12)26)21(35)32-15-17(34)22(39-18(15)23(36)38-4)33-11-30-16-19(27)28-10-29-20(16)33/h5-8,10-11,14-15,17-18,22,34H,9H2,1-4H3,(H,31,37)(H,32,35)(H2,27,28,29)/t14?,15-,17+,18-,22+/m0/s1. The van der Waals surface area contributed by atoms with Crippen molar-refractivity contribution in [3.63, 3.8) is 0 Å². The first-order chi connectivity index (χ1) is 18.9. The SMILES string of the molecule is COC(=O)[C@H]1O[C@@H](n2cnc3c(N)ncnc32)[C@H](O)[C@@H]1NC(=O)C(Cc1ccccc1Cl)NC(=O)OC(C)(C)C. The molecule has 214 valence electrons. The number of rotatable bonds is 7. The molecule has 5 N–H and O–H groups in total. The molecule has 1 aliphatic heterocycles. The van der Waals surface area contributed by atoms with E-state index in [1.807, 2.05) is 0 Å². The lowest BCUT2D eigenvalue weighted by atomic mass is 10.0. The fourth-order valence-electron chi connectivity index (χ4n) is 4.25. The van der Waals surface area contributed by atoms with Gasteiger partial charge in [0.25, 0.3) is 0 Å². The number of nitrogens with two attached hydrogens (primary N) is 1. The number of carbonyl (C=O) groups is 3. The minimum absolute atomic E-state index is 0.0108. The largest absolute Gasteiger partial charge is 0.467 e. The lowest BCUT2D eigenvalue weighted by Crippen LogP contribution is -2.56. The zero-order valence-corrected chi connectivity index (χ0v) is 23.0. The number of nitrogen functional groups attached to an aromatic ring is 1. The summed E-state index contributed by atoms with van der Waals surface area (Å²) in [7, 11) is 1.15. The van der Waals surface area contributed by atoms with E-state index in [0.717, 1.165) is 7.11 Å². The van der Waals surface area contributed by atoms with E-state index in [2.05, 4.69) is 25.6 Å². The number of imidazole rings is 1. The van der Waals surface area contributed by atoms with Crippen LogP contribution < -0.4 is 16.4 Å². The van der Waals surface area contributed by atoms with Crippen molar-refractivity contribution in [2.45, 2.75) is 63.3 Å². The molecule has 0 saturated carbocycles. The molecule has 3 heterocycles. The highest BCUT2D eigenvalue weighted by Gasteiger charge is 2.50. The van der Waals surface area contributed by atoms with Crippen LogP contribution in [0.2, 0.25) is 5.02 Å². The van der Waals surface area contributed by atoms with Gasteiger partial charge in [0.15, 0.2) is 23.8 Å². The zero-order valence-electron chi connectivity index (χ0n) is 22.2. The summed E-state index contributed by atoms with van der Waals surface area (Å²) in [5.74, 6) is -1.45. The summed E-state index contributed by atoms with van der Waals surface area (Å²) >= 11 is 6.30. The van der Waals surface area contributed by atoms with Crippen molar-refractivity contribution in [3.05, 3.63) is 47.5 Å². The van der Waals surface area contributed by atoms with Crippen LogP contribution in [0.4, 0.5) is 10.6 Å². The Hall–Kier alpha value is -4.01. The number of halogens is 1. The maximum absolute atomic E-state index is 13.6. The number of amides is 2. The van der Waals surface area contributed by atoms with Crippen LogP contribution in [0.5, 0.6) is 0 Å². The molecule has 2 amide bonds. The summed E-state index contributed by atoms with van der Waals surface area (Å²) in [6, 6.07) is 4.35. The van der Waals surface area contributed by atoms with E-state index in [9.17, 15) is 19.5 Å². The van der Waals surface area contributed by atoms with Crippen LogP contribution in [0.3, 0.4) is 0 Å². The number of aliphatic hydroxyl groups is 1. The molecule has 0 radical (unpaired) electrons. The van der Waals surface area contributed by atoms with E-state index >= 15 is 0 Å². The van der Waals surface area contributed by atoms with E-state index in [0.29, 0.717) is 10.6 Å². The van der Waals surface area contributed by atoms with Gasteiger partial charge in [0.1, 0.15) is 29.6 Å². The van der Waals surface area contributed by atoms with Crippen molar-refractivity contribution in [1.82, 2.24) is 30.2 Å². The Labute approximate surface area is 234 Å². The molecule has 14 nitrogen and oxygen atoms in total. The van der Waals surface area contributed by atoms with Gasteiger partial charge in [-0.1, -0.05) is 29.8 Å². The van der Waals surface area contributed by atoms with Crippen molar-refractivity contribution in [2.24, 2.45) is 0 Å². The maximum atomic E-state index is 13.6. The second-order valence-electron chi connectivity index (χ2n) is 10.1. The lowest BCUT2D eigenvalue weighted by molar-refractivity contribution is -0.156. The Morgan fingerprint density at radius 2 is 1.95 bits per heavy atom. The first kappa shape index (κ1) is 29.0. The minimum Gasteiger partial charge on any atom is -0.467 e. The molecule has 1 unspecified atom stereocenters. The summed E-state index contributed by atoms with van der Waals surface area (Å²) in [6.07, 6.45) is -2.38. The third kappa shape index (κ3) is 6.24. The smallest absolute Gasteiger partial charge is 0.408 e. The molecule has 1 saturated heterocycles. The van der Waals surface area contributed by atoms with Crippen LogP contribution >= 0.6 is 11.6 Å². The highest BCUT2D eigenvalue weighted by atomic mass is 35.5. The van der Waals surface area contributed by atoms with Crippen molar-refractivity contribution >= 4 is 46.6 Å². The number of aliphatic hydroxyl groups excluding tert-OH is 1. The number of hydrogen-bond donors (Lipinski definition) is 4. The van der Waals surface area contributed by atoms with Gasteiger partial charge in [-0.3, -0.25) is 9.36 Å². The second kappa shape index (κ2) is 11.6. The summed E-state index contributed by atoms with van der Waals surface area (Å²) in [6.45, 7) is 5.05. The molecule has 4 rings (SSSR count). The van der Waals surface area contributed by atoms with Crippen molar-refractivity contribution < 1.29 is 33.7 Å². The summed E-state index contributed by atoms with van der Waals surface area (Å²) in [5.41, 5.74) is 6.13. The average Bonchev–Trinajstić information content (AvgIpc) is 3.45. The van der Waals surface area contributed by atoms with Gasteiger partial charge in [-0.15, -0.1) is 0 Å². The Bertz CT molecular complexity index is 1410. The van der Waals surface area contributed by atoms with Gasteiger partial charge in [-0.05, 0) is 32.4 Å². The number of esters is 1. The summed E-state index contributed by atoms with van der Waals surface area (Å²) < 4.78 is 17.4. The van der Waals surface area contributed by atoms with E-state index in [-0.39, 0.29) is 23.4 Å². The van der Waals surface area contributed by atoms with Gasteiger partial charge in [0.05, 0.1) is 19.5 Å². The Balaban J connectivity index is 1.61. The van der Waals surface area contributed by atoms with Crippen molar-refractivity contribution in [1.29, 1.82) is 0 Å². The molecule has 0 bridgehead atoms. The van der Waals surface area contributed by atoms with Crippen LogP contribution in [0, 0.1) is 0 Å². The minimum atomic E-state index is -1.47. The van der Waals surface area contributed by atoms with Crippen LogP contribution in [0.15, 0.2) is 36.9 Å². The quantitative estimate of drug-likeness (QED) is 0.295. The Kier molecular flexibility index (Phi) is 8.42. The fraction of sp³-hybridized carbons (Fsp3) is 0.440. The predicted molar refractivity (Wildman–Crippen MR) is 142 cm³/mol. The third-order valence-electron chi connectivity index (χ3n) is 6.07. The van der Waals surface area contributed by atoms with Gasteiger partial charge < -0.3 is 35.7 Å². The van der Waals surface area contributed by atoms with E-state index in [4.69, 9.17) is 31.5 Å². The molecule has 0 aliphatic carbocycles. The first-order valence-electron chi connectivity index (χ1n) is 12.3. The number of methoxy groups -OCH3 is 1. The molecule has 15 heteroatoms. The number of nitrogens with zero attached hydrogens (tertiary/aromatic N) is 4. The average molecular weight is 576 g/mol. The van der Waals surface area contributed by atoms with Gasteiger partial charge in [-0.25, -0.2) is 24.5 Å². The Morgan fingerprint density at radius 1 is 1.23 bits per heavy atom. The van der Waals surface area contributed by atoms with Crippen molar-refractivity contribution in [3.8, 4) is 0 Å². The second-order valence-corrected chi connectivity index (χ2v) is 10.5. The number of alkyl carbamates (subject to hydrolysis) is 1. The van der Waals surface area contributed by atoms with E-state index < -0.39 is 54.1 Å². The van der Waals surface area contributed by atoms with Gasteiger partial charge >= 0.3 is 12.1 Å². The molecule has 1 fully saturated rings. The normalized spacial score (nSPS) is 21.6. The monoisotopic (exact) mass is 575 g/mol. The number of nitrogens with one attached hydrogen (secondary N) is 2. The first-order valence-corrected chi connectivity index (χ1v) is 12.6. The number of ether oxygens (including phenoxy) is 3. The highest BCUT2D eigenvalue weighted by molar-refractivity contribution is 6.31. The number of benzene rings is 1. The molecule has 0 spiro atoms. The number of hydrogen-bond acceptors (Lipinski definition) is 11. The molecule has 40 heavy (non-hydrogen) atoms. The maximum Gasteiger partial charge on any atom is 0.408 e. The predicted octanol–water partition coefficient (Wildman–Crippen LogP) is 1.11. The lowest BCUT2D eigenvalue weighted by Gasteiger charge is -2.26. The molecule has 1 aromatic carbocycles. The summed E-state index contributed by atoms with van der Waals surface area (Å²) in [4.78, 5) is 51.0. The molecule has 1 aliphatic rings. The molecule has 5 atom stereocenters. The van der Waals surface area contributed by atoms with E-state index in [1.54, 1.807) is 45.0 Å². The molecular formula is C25H30ClN7O7. The van der Waals surface area contributed by atoms with Crippen LogP contribution in [0.25, 0.3) is 11.2 Å². The number of aromatic nitrogens is 4. The van der Waals surface area contributed by atoms with Gasteiger partial charge in [0.2, 0.25) is 5.91 Å². The van der Waals surface area contributed by atoms with Crippen LogP contribution in [0.1, 0.15) is 32.6 Å². The van der Waals surface area contributed by atoms with Crippen LogP contribution in [-0.2, 0) is 30.2 Å². The highest BCUT2D eigenvalue weighted by Crippen LogP contribution is 2.33. The van der Waals surface area contributed by atoms with E-state index in [1.165, 1.54) is 17.2 Å². The number of fused-ring (bicyclic) bond motifs is 1. The van der Waals surface area contributed by atoms with Crippen molar-refractivity contribution in [2.75, 3.05) is 12.8 Å². The third-order valence-corrected chi connectivity index (χ3v) is 6.43. The van der Waals surface area contributed by atoms with Gasteiger partial charge in [-0.2, -0.15) is 0 Å². The number of anilines is 1. The fourth-order valence-corrected chi connectivity index (χ4v) is 4.46. The molecular weight excluding hydrogens is 546 g/mol.